The molecular formula is C23H23FN4. The summed E-state index contributed by atoms with van der Waals surface area (Å²) in [6.07, 6.45) is 4.78. The fourth-order valence-electron chi connectivity index (χ4n) is 4.70. The van der Waals surface area contributed by atoms with Gasteiger partial charge in [0.05, 0.1) is 23.6 Å². The van der Waals surface area contributed by atoms with Crippen LogP contribution in [-0.4, -0.2) is 34.5 Å². The molecule has 0 bridgehead atoms. The van der Waals surface area contributed by atoms with Crippen LogP contribution in [0.3, 0.4) is 0 Å². The molecule has 1 atom stereocenters. The summed E-state index contributed by atoms with van der Waals surface area (Å²) in [4.78, 5) is 14.0. The molecule has 1 spiro atoms. The summed E-state index contributed by atoms with van der Waals surface area (Å²) in [6, 6.07) is 17.3. The summed E-state index contributed by atoms with van der Waals surface area (Å²) < 4.78 is 14.1. The van der Waals surface area contributed by atoms with Crippen LogP contribution in [-0.2, 0) is 18.5 Å². The SMILES string of the molecule is Fc1ccccc1CN1CCC2(C1)CN(Cc1ccccn1)c1cccnc12. The molecule has 1 saturated heterocycles. The largest absolute Gasteiger partial charge is 0.363 e. The monoisotopic (exact) mass is 374 g/mol. The molecule has 0 amide bonds. The van der Waals surface area contributed by atoms with Crippen LogP contribution in [0.1, 0.15) is 23.4 Å². The Labute approximate surface area is 164 Å². The first-order valence-electron chi connectivity index (χ1n) is 9.80. The minimum Gasteiger partial charge on any atom is -0.363 e. The van der Waals surface area contributed by atoms with Crippen molar-refractivity contribution in [2.45, 2.75) is 24.9 Å². The Morgan fingerprint density at radius 1 is 0.893 bits per heavy atom. The third-order valence-corrected chi connectivity index (χ3v) is 5.99. The fraction of sp³-hybridized carbons (Fsp3) is 0.304. The smallest absolute Gasteiger partial charge is 0.127 e. The Bertz CT molecular complexity index is 977. The predicted octanol–water partition coefficient (Wildman–Crippen LogP) is 3.78. The molecule has 2 aromatic heterocycles. The van der Waals surface area contributed by atoms with Crippen LogP contribution < -0.4 is 4.90 Å². The Kier molecular flexibility index (Phi) is 4.32. The summed E-state index contributed by atoms with van der Waals surface area (Å²) in [5, 5.41) is 0. The maximum absolute atomic E-state index is 14.1. The van der Waals surface area contributed by atoms with Crippen molar-refractivity contribution in [2.24, 2.45) is 0 Å². The van der Waals surface area contributed by atoms with Gasteiger partial charge in [0.1, 0.15) is 5.82 Å². The first-order valence-corrected chi connectivity index (χ1v) is 9.80. The van der Waals surface area contributed by atoms with E-state index in [1.165, 1.54) is 11.4 Å². The van der Waals surface area contributed by atoms with E-state index in [4.69, 9.17) is 4.98 Å². The number of rotatable bonds is 4. The number of pyridine rings is 2. The van der Waals surface area contributed by atoms with Crippen molar-refractivity contribution in [2.75, 3.05) is 24.5 Å². The Morgan fingerprint density at radius 3 is 2.61 bits per heavy atom. The molecule has 2 aliphatic heterocycles. The lowest BCUT2D eigenvalue weighted by atomic mass is 9.85. The van der Waals surface area contributed by atoms with Crippen LogP contribution in [0.4, 0.5) is 10.1 Å². The first-order chi connectivity index (χ1) is 13.7. The van der Waals surface area contributed by atoms with Crippen LogP contribution in [0.5, 0.6) is 0 Å². The van der Waals surface area contributed by atoms with Crippen molar-refractivity contribution in [3.63, 3.8) is 0 Å². The number of benzene rings is 1. The Balaban J connectivity index is 1.39. The maximum atomic E-state index is 14.1. The van der Waals surface area contributed by atoms with Crippen LogP contribution in [0, 0.1) is 5.82 Å². The molecule has 28 heavy (non-hydrogen) atoms. The second kappa shape index (κ2) is 6.99. The lowest BCUT2D eigenvalue weighted by molar-refractivity contribution is 0.300. The summed E-state index contributed by atoms with van der Waals surface area (Å²) >= 11 is 0. The lowest BCUT2D eigenvalue weighted by Gasteiger charge is -2.26. The van der Waals surface area contributed by atoms with E-state index in [0.29, 0.717) is 6.54 Å². The van der Waals surface area contributed by atoms with Gasteiger partial charge in [-0.2, -0.15) is 0 Å². The number of nitrogens with zero attached hydrogens (tertiary/aromatic N) is 4. The number of hydrogen-bond donors (Lipinski definition) is 0. The van der Waals surface area contributed by atoms with Gasteiger partial charge in [-0.3, -0.25) is 14.9 Å². The van der Waals surface area contributed by atoms with Gasteiger partial charge in [0.25, 0.3) is 0 Å². The summed E-state index contributed by atoms with van der Waals surface area (Å²) in [5.41, 5.74) is 4.24. The van der Waals surface area contributed by atoms with E-state index >= 15 is 0 Å². The van der Waals surface area contributed by atoms with Crippen molar-refractivity contribution >= 4 is 5.69 Å². The second-order valence-electron chi connectivity index (χ2n) is 7.88. The van der Waals surface area contributed by atoms with Crippen LogP contribution >= 0.6 is 0 Å². The molecule has 5 rings (SSSR count). The van der Waals surface area contributed by atoms with E-state index in [9.17, 15) is 4.39 Å². The third kappa shape index (κ3) is 3.06. The van der Waals surface area contributed by atoms with Crippen LogP contribution in [0.2, 0.25) is 0 Å². The molecule has 1 fully saturated rings. The van der Waals surface area contributed by atoms with Crippen LogP contribution in [0.25, 0.3) is 0 Å². The quantitative estimate of drug-likeness (QED) is 0.696. The first kappa shape index (κ1) is 17.3. The predicted molar refractivity (Wildman–Crippen MR) is 107 cm³/mol. The molecule has 4 heterocycles. The Hall–Kier alpha value is -2.79. The molecule has 4 nitrogen and oxygen atoms in total. The standard InChI is InChI=1S/C23H23FN4/c24-20-8-2-1-6-18(20)14-27-13-10-23(16-27)17-28(15-19-7-3-4-11-25-19)21-9-5-12-26-22(21)23/h1-9,11-12H,10,13-17H2. The van der Waals surface area contributed by atoms with Gasteiger partial charge in [0, 0.05) is 43.0 Å². The van der Waals surface area contributed by atoms with Crippen molar-refractivity contribution in [3.8, 4) is 0 Å². The highest BCUT2D eigenvalue weighted by molar-refractivity contribution is 5.60. The molecule has 1 unspecified atom stereocenters. The molecule has 2 aliphatic rings. The number of halogens is 1. The maximum Gasteiger partial charge on any atom is 0.127 e. The number of fused-ring (bicyclic) bond motifs is 2. The average molecular weight is 374 g/mol. The van der Waals surface area contributed by atoms with Crippen molar-refractivity contribution < 1.29 is 4.39 Å². The number of aromatic nitrogens is 2. The van der Waals surface area contributed by atoms with Crippen LogP contribution in [0.15, 0.2) is 67.0 Å². The van der Waals surface area contributed by atoms with Gasteiger partial charge in [-0.15, -0.1) is 0 Å². The molecule has 0 aliphatic carbocycles. The van der Waals surface area contributed by atoms with Crippen molar-refractivity contribution in [1.29, 1.82) is 0 Å². The highest BCUT2D eigenvalue weighted by Gasteiger charge is 2.48. The zero-order chi connectivity index (χ0) is 19.0. The number of anilines is 1. The highest BCUT2D eigenvalue weighted by Crippen LogP contribution is 2.45. The highest BCUT2D eigenvalue weighted by atomic mass is 19.1. The van der Waals surface area contributed by atoms with Gasteiger partial charge in [-0.25, -0.2) is 4.39 Å². The molecule has 1 aromatic carbocycles. The Morgan fingerprint density at radius 2 is 1.75 bits per heavy atom. The molecule has 0 N–H and O–H groups in total. The van der Waals surface area contributed by atoms with E-state index in [2.05, 4.69) is 26.9 Å². The number of likely N-dealkylation sites (tertiary alicyclic amines) is 1. The van der Waals surface area contributed by atoms with Gasteiger partial charge in [-0.1, -0.05) is 24.3 Å². The summed E-state index contributed by atoms with van der Waals surface area (Å²) in [5.74, 6) is -0.120. The molecule has 5 heteroatoms. The molecule has 0 radical (unpaired) electrons. The zero-order valence-corrected chi connectivity index (χ0v) is 15.8. The van der Waals surface area contributed by atoms with E-state index in [1.807, 2.05) is 42.7 Å². The van der Waals surface area contributed by atoms with Crippen molar-refractivity contribution in [1.82, 2.24) is 14.9 Å². The second-order valence-corrected chi connectivity index (χ2v) is 7.88. The summed E-state index contributed by atoms with van der Waals surface area (Å²) in [7, 11) is 0. The van der Waals surface area contributed by atoms with E-state index in [-0.39, 0.29) is 11.2 Å². The van der Waals surface area contributed by atoms with E-state index < -0.39 is 0 Å². The molecule has 3 aromatic rings. The minimum atomic E-state index is -0.120. The number of hydrogen-bond acceptors (Lipinski definition) is 4. The molecular weight excluding hydrogens is 351 g/mol. The summed E-state index contributed by atoms with van der Waals surface area (Å²) in [6.45, 7) is 4.24. The van der Waals surface area contributed by atoms with Crippen molar-refractivity contribution in [3.05, 3.63) is 89.8 Å². The minimum absolute atomic E-state index is 0.0105. The lowest BCUT2D eigenvalue weighted by Crippen LogP contribution is -2.36. The normalized spacial score (nSPS) is 21.4. The van der Waals surface area contributed by atoms with Gasteiger partial charge >= 0.3 is 0 Å². The van der Waals surface area contributed by atoms with Gasteiger partial charge < -0.3 is 4.90 Å². The van der Waals surface area contributed by atoms with Gasteiger partial charge in [0.15, 0.2) is 0 Å². The van der Waals surface area contributed by atoms with Gasteiger partial charge in [-0.05, 0) is 43.3 Å². The van der Waals surface area contributed by atoms with Gasteiger partial charge in [0.2, 0.25) is 0 Å². The molecule has 142 valence electrons. The van der Waals surface area contributed by atoms with E-state index in [0.717, 1.165) is 43.9 Å². The average Bonchev–Trinajstić information content (AvgIpc) is 3.26. The zero-order valence-electron chi connectivity index (χ0n) is 15.8. The molecule has 0 saturated carbocycles. The third-order valence-electron chi connectivity index (χ3n) is 5.99. The topological polar surface area (TPSA) is 32.3 Å². The van der Waals surface area contributed by atoms with E-state index in [1.54, 1.807) is 12.1 Å². The fourth-order valence-corrected chi connectivity index (χ4v) is 4.70.